The molecule has 0 saturated carbocycles. The molecule has 3 heteroatoms. The van der Waals surface area contributed by atoms with Gasteiger partial charge in [-0.15, -0.1) is 0 Å². The summed E-state index contributed by atoms with van der Waals surface area (Å²) in [6.45, 7) is 7.35. The molecule has 0 aliphatic rings. The molecular weight excluding hydrogens is 264 g/mol. The first-order valence-corrected chi connectivity index (χ1v) is 13.2. The molecule has 0 aromatic heterocycles. The molecule has 0 atom stereocenters. The summed E-state index contributed by atoms with van der Waals surface area (Å²) >= 11 is -2.41. The SMILES string of the molecule is C=CCC[CH2][Ge]([Cl])([Cl])[CH2]CCC=C. The van der Waals surface area contributed by atoms with E-state index in [1.165, 1.54) is 0 Å². The Hall–Kier alpha value is 0.603. The van der Waals surface area contributed by atoms with Crippen molar-refractivity contribution in [2.75, 3.05) is 0 Å². The Labute approximate surface area is 92.7 Å². The molecule has 0 rings (SSSR count). The topological polar surface area (TPSA) is 0 Å². The van der Waals surface area contributed by atoms with Crippen molar-refractivity contribution in [1.29, 1.82) is 0 Å². The van der Waals surface area contributed by atoms with E-state index in [2.05, 4.69) is 13.2 Å². The Bertz CT molecular complexity index is 139. The second-order valence-electron chi connectivity index (χ2n) is 3.22. The molecule has 0 fully saturated rings. The third kappa shape index (κ3) is 8.92. The second-order valence-corrected chi connectivity index (χ2v) is 17.4. The number of allylic oxidation sites excluding steroid dienone is 2. The number of unbranched alkanes of at least 4 members (excludes halogenated alkanes) is 2. The molecule has 0 N–H and O–H groups in total. The summed E-state index contributed by atoms with van der Waals surface area (Å²) in [6.07, 6.45) is 8.13. The minimum atomic E-state index is -2.41. The van der Waals surface area contributed by atoms with Gasteiger partial charge in [0.15, 0.2) is 0 Å². The van der Waals surface area contributed by atoms with Crippen LogP contribution in [0.2, 0.25) is 10.5 Å². The van der Waals surface area contributed by atoms with Crippen LogP contribution in [0, 0.1) is 0 Å². The summed E-state index contributed by atoms with van der Waals surface area (Å²) in [7, 11) is 12.6. The molecule has 76 valence electrons. The first kappa shape index (κ1) is 13.6. The molecule has 0 aromatic rings. The predicted molar refractivity (Wildman–Crippen MR) is 65.9 cm³/mol. The van der Waals surface area contributed by atoms with Crippen molar-refractivity contribution in [3.8, 4) is 0 Å². The summed E-state index contributed by atoms with van der Waals surface area (Å²) in [6, 6.07) is 0. The van der Waals surface area contributed by atoms with Crippen LogP contribution < -0.4 is 0 Å². The third-order valence-corrected chi connectivity index (χ3v) is 10.4. The third-order valence-electron chi connectivity index (χ3n) is 1.90. The first-order chi connectivity index (χ1) is 6.12. The molecule has 0 bridgehead atoms. The fourth-order valence-corrected chi connectivity index (χ4v) is 7.46. The zero-order chi connectivity index (χ0) is 10.2. The molecule has 0 aromatic carbocycles. The van der Waals surface area contributed by atoms with Gasteiger partial charge in [0, 0.05) is 0 Å². The van der Waals surface area contributed by atoms with E-state index >= 15 is 0 Å². The maximum absolute atomic E-state index is 6.29. The Kier molecular flexibility index (Phi) is 8.33. The van der Waals surface area contributed by atoms with Gasteiger partial charge in [-0.3, -0.25) is 0 Å². The quantitative estimate of drug-likeness (QED) is 0.339. The van der Waals surface area contributed by atoms with Crippen LogP contribution in [0.5, 0.6) is 0 Å². The molecular formula is C10H18Cl2Ge. The van der Waals surface area contributed by atoms with Crippen LogP contribution in [0.25, 0.3) is 0 Å². The van der Waals surface area contributed by atoms with Crippen LogP contribution in [-0.4, -0.2) is 11.4 Å². The monoisotopic (exact) mass is 282 g/mol. The second kappa shape index (κ2) is 7.96. The Morgan fingerprint density at radius 1 is 0.923 bits per heavy atom. The van der Waals surface area contributed by atoms with E-state index in [-0.39, 0.29) is 0 Å². The van der Waals surface area contributed by atoms with Crippen molar-refractivity contribution in [2.24, 2.45) is 0 Å². The van der Waals surface area contributed by atoms with Gasteiger partial charge in [0.2, 0.25) is 0 Å². The van der Waals surface area contributed by atoms with Gasteiger partial charge < -0.3 is 0 Å². The van der Waals surface area contributed by atoms with E-state index in [4.69, 9.17) is 20.0 Å². The maximum atomic E-state index is 6.29. The van der Waals surface area contributed by atoms with Crippen molar-refractivity contribution < 1.29 is 0 Å². The molecule has 0 heterocycles. The molecule has 0 radical (unpaired) electrons. The predicted octanol–water partition coefficient (Wildman–Crippen LogP) is 4.84. The van der Waals surface area contributed by atoms with Crippen molar-refractivity contribution in [3.05, 3.63) is 25.3 Å². The normalized spacial score (nSPS) is 11.2. The van der Waals surface area contributed by atoms with Gasteiger partial charge >= 0.3 is 92.9 Å². The first-order valence-electron chi connectivity index (χ1n) is 4.72. The minimum absolute atomic E-state index is 1.03. The van der Waals surface area contributed by atoms with Crippen LogP contribution in [0.4, 0.5) is 0 Å². The number of hydrogen-bond donors (Lipinski definition) is 0. The van der Waals surface area contributed by atoms with E-state index in [0.29, 0.717) is 0 Å². The van der Waals surface area contributed by atoms with Gasteiger partial charge in [-0.2, -0.15) is 0 Å². The molecule has 0 nitrogen and oxygen atoms in total. The summed E-state index contributed by atoms with van der Waals surface area (Å²) in [4.78, 5) is 0. The van der Waals surface area contributed by atoms with Gasteiger partial charge in [-0.1, -0.05) is 0 Å². The Balaban J connectivity index is 3.52. The number of halogens is 2. The number of rotatable bonds is 8. The fraction of sp³-hybridized carbons (Fsp3) is 0.600. The van der Waals surface area contributed by atoms with E-state index in [9.17, 15) is 0 Å². The van der Waals surface area contributed by atoms with Crippen molar-refractivity contribution in [2.45, 2.75) is 36.2 Å². The Morgan fingerprint density at radius 2 is 1.31 bits per heavy atom. The standard InChI is InChI=1S/C10H18Cl2Ge/c1-3-5-7-9-13(11,12)10-8-6-4-2/h3-4H,1-2,5-10H2. The van der Waals surface area contributed by atoms with Crippen LogP contribution in [0.3, 0.4) is 0 Å². The zero-order valence-corrected chi connectivity index (χ0v) is 11.7. The van der Waals surface area contributed by atoms with E-state index in [1.807, 2.05) is 12.2 Å². The molecule has 0 spiro atoms. The van der Waals surface area contributed by atoms with Crippen molar-refractivity contribution in [3.63, 3.8) is 0 Å². The van der Waals surface area contributed by atoms with E-state index < -0.39 is 11.4 Å². The van der Waals surface area contributed by atoms with Gasteiger partial charge in [0.05, 0.1) is 0 Å². The van der Waals surface area contributed by atoms with Crippen LogP contribution in [0.1, 0.15) is 25.7 Å². The van der Waals surface area contributed by atoms with E-state index in [0.717, 1.165) is 36.2 Å². The molecule has 0 unspecified atom stereocenters. The summed E-state index contributed by atoms with van der Waals surface area (Å²) in [5, 5.41) is 2.07. The van der Waals surface area contributed by atoms with E-state index in [1.54, 1.807) is 0 Å². The summed E-state index contributed by atoms with van der Waals surface area (Å²) in [5.74, 6) is 0. The molecule has 0 amide bonds. The average Bonchev–Trinajstić information content (AvgIpc) is 2.05. The van der Waals surface area contributed by atoms with Crippen LogP contribution in [0.15, 0.2) is 25.3 Å². The van der Waals surface area contributed by atoms with Gasteiger partial charge in [-0.05, 0) is 0 Å². The molecule has 13 heavy (non-hydrogen) atoms. The summed E-state index contributed by atoms with van der Waals surface area (Å²) < 4.78 is 0. The molecule has 0 aliphatic heterocycles. The van der Waals surface area contributed by atoms with Gasteiger partial charge in [-0.25, -0.2) is 0 Å². The van der Waals surface area contributed by atoms with Crippen LogP contribution in [-0.2, 0) is 0 Å². The fourth-order valence-electron chi connectivity index (χ4n) is 1.14. The molecule has 0 saturated heterocycles. The van der Waals surface area contributed by atoms with Crippen LogP contribution >= 0.6 is 20.0 Å². The average molecular weight is 282 g/mol. The van der Waals surface area contributed by atoms with Crippen molar-refractivity contribution in [1.82, 2.24) is 0 Å². The van der Waals surface area contributed by atoms with Gasteiger partial charge in [0.25, 0.3) is 0 Å². The molecule has 0 aliphatic carbocycles. The van der Waals surface area contributed by atoms with Gasteiger partial charge in [0.1, 0.15) is 0 Å². The van der Waals surface area contributed by atoms with Crippen molar-refractivity contribution >= 4 is 31.4 Å². The zero-order valence-electron chi connectivity index (χ0n) is 8.07. The summed E-state index contributed by atoms with van der Waals surface area (Å²) in [5.41, 5.74) is 0. The number of hydrogen-bond acceptors (Lipinski definition) is 0. The Morgan fingerprint density at radius 3 is 1.62 bits per heavy atom.